The molecule has 20 heavy (non-hydrogen) atoms. The Labute approximate surface area is 123 Å². The highest BCUT2D eigenvalue weighted by atomic mass is 19.1. The summed E-state index contributed by atoms with van der Waals surface area (Å²) in [6, 6.07) is 5.88. The van der Waals surface area contributed by atoms with Gasteiger partial charge in [0.25, 0.3) is 0 Å². The molecule has 1 atom stereocenters. The highest BCUT2D eigenvalue weighted by molar-refractivity contribution is 5.25. The maximum absolute atomic E-state index is 13.9. The Kier molecular flexibility index (Phi) is 7.17. The second-order valence-corrected chi connectivity index (χ2v) is 6.17. The molecule has 3 heteroatoms. The van der Waals surface area contributed by atoms with Crippen LogP contribution in [0.2, 0.25) is 0 Å². The Morgan fingerprint density at radius 2 is 1.95 bits per heavy atom. The van der Waals surface area contributed by atoms with E-state index in [0.29, 0.717) is 18.5 Å². The van der Waals surface area contributed by atoms with Crippen molar-refractivity contribution < 1.29 is 4.39 Å². The zero-order valence-corrected chi connectivity index (χ0v) is 13.5. The van der Waals surface area contributed by atoms with Crippen LogP contribution in [0, 0.1) is 11.7 Å². The second-order valence-electron chi connectivity index (χ2n) is 6.17. The molecule has 1 aromatic carbocycles. The summed E-state index contributed by atoms with van der Waals surface area (Å²) >= 11 is 0. The normalized spacial score (nSPS) is 13.2. The highest BCUT2D eigenvalue weighted by Crippen LogP contribution is 2.14. The molecule has 1 rings (SSSR count). The van der Waals surface area contributed by atoms with Crippen molar-refractivity contribution in [2.24, 2.45) is 5.92 Å². The minimum Gasteiger partial charge on any atom is -0.310 e. The molecule has 114 valence electrons. The fraction of sp³-hybridized carbons (Fsp3) is 0.647. The number of nitrogens with one attached hydrogen (secondary N) is 1. The monoisotopic (exact) mass is 280 g/mol. The van der Waals surface area contributed by atoms with Crippen LogP contribution in [-0.2, 0) is 13.1 Å². The van der Waals surface area contributed by atoms with Gasteiger partial charge in [-0.25, -0.2) is 4.39 Å². The standard InChI is InChI=1S/C17H29FN2/c1-6-14(4)11-20(5)12-16-9-15(7-8-17(16)18)10-19-13(2)3/h7-9,13-14,19H,6,10-12H2,1-5H3. The van der Waals surface area contributed by atoms with Crippen molar-refractivity contribution in [3.63, 3.8) is 0 Å². The van der Waals surface area contributed by atoms with Gasteiger partial charge in [0, 0.05) is 31.2 Å². The molecule has 0 saturated carbocycles. The molecule has 0 amide bonds. The van der Waals surface area contributed by atoms with Crippen LogP contribution in [0.4, 0.5) is 4.39 Å². The summed E-state index contributed by atoms with van der Waals surface area (Å²) in [6.45, 7) is 11.1. The van der Waals surface area contributed by atoms with Gasteiger partial charge in [0.05, 0.1) is 0 Å². The lowest BCUT2D eigenvalue weighted by Gasteiger charge is -2.21. The molecule has 1 N–H and O–H groups in total. The average Bonchev–Trinajstić information content (AvgIpc) is 2.39. The molecular formula is C17H29FN2. The van der Waals surface area contributed by atoms with Crippen LogP contribution in [0.25, 0.3) is 0 Å². The van der Waals surface area contributed by atoms with E-state index in [1.54, 1.807) is 6.07 Å². The number of halogens is 1. The molecule has 0 bridgehead atoms. The summed E-state index contributed by atoms with van der Waals surface area (Å²) in [5.41, 5.74) is 1.94. The Balaban J connectivity index is 2.66. The molecular weight excluding hydrogens is 251 g/mol. The van der Waals surface area contributed by atoms with Crippen molar-refractivity contribution >= 4 is 0 Å². The predicted octanol–water partition coefficient (Wildman–Crippen LogP) is 3.80. The summed E-state index contributed by atoms with van der Waals surface area (Å²) in [6.07, 6.45) is 1.16. The van der Waals surface area contributed by atoms with E-state index in [1.807, 2.05) is 12.1 Å². The maximum Gasteiger partial charge on any atom is 0.127 e. The zero-order valence-electron chi connectivity index (χ0n) is 13.5. The molecule has 0 aromatic heterocycles. The van der Waals surface area contributed by atoms with E-state index in [-0.39, 0.29) is 5.82 Å². The van der Waals surface area contributed by atoms with Crippen molar-refractivity contribution in [1.29, 1.82) is 0 Å². The topological polar surface area (TPSA) is 15.3 Å². The lowest BCUT2D eigenvalue weighted by atomic mass is 10.1. The van der Waals surface area contributed by atoms with Gasteiger partial charge in [-0.05, 0) is 24.6 Å². The third-order valence-corrected chi connectivity index (χ3v) is 3.59. The van der Waals surface area contributed by atoms with E-state index in [1.165, 1.54) is 0 Å². The van der Waals surface area contributed by atoms with Crippen molar-refractivity contribution in [2.75, 3.05) is 13.6 Å². The van der Waals surface area contributed by atoms with Crippen LogP contribution in [0.1, 0.15) is 45.2 Å². The van der Waals surface area contributed by atoms with E-state index >= 15 is 0 Å². The Bertz CT molecular complexity index is 404. The van der Waals surface area contributed by atoms with Gasteiger partial charge in [-0.2, -0.15) is 0 Å². The molecule has 0 heterocycles. The van der Waals surface area contributed by atoms with Gasteiger partial charge in [-0.1, -0.05) is 46.2 Å². The van der Waals surface area contributed by atoms with Gasteiger partial charge in [-0.15, -0.1) is 0 Å². The van der Waals surface area contributed by atoms with Crippen LogP contribution in [0.5, 0.6) is 0 Å². The number of nitrogens with zero attached hydrogens (tertiary/aromatic N) is 1. The minimum absolute atomic E-state index is 0.103. The van der Waals surface area contributed by atoms with E-state index in [0.717, 1.165) is 30.6 Å². The summed E-state index contributed by atoms with van der Waals surface area (Å²) in [7, 11) is 2.06. The Hall–Kier alpha value is -0.930. The first-order valence-electron chi connectivity index (χ1n) is 7.61. The molecule has 0 saturated heterocycles. The van der Waals surface area contributed by atoms with Gasteiger partial charge < -0.3 is 10.2 Å². The van der Waals surface area contributed by atoms with Gasteiger partial charge in [0.1, 0.15) is 5.82 Å². The second kappa shape index (κ2) is 8.38. The fourth-order valence-corrected chi connectivity index (χ4v) is 2.20. The minimum atomic E-state index is -0.103. The Morgan fingerprint density at radius 1 is 1.25 bits per heavy atom. The summed E-state index contributed by atoms with van der Waals surface area (Å²) < 4.78 is 13.9. The SMILES string of the molecule is CCC(C)CN(C)Cc1cc(CNC(C)C)ccc1F. The smallest absolute Gasteiger partial charge is 0.127 e. The molecule has 0 spiro atoms. The van der Waals surface area contributed by atoms with Crippen LogP contribution >= 0.6 is 0 Å². The zero-order chi connectivity index (χ0) is 15.1. The van der Waals surface area contributed by atoms with E-state index in [2.05, 4.69) is 45.0 Å². The van der Waals surface area contributed by atoms with Crippen molar-refractivity contribution in [2.45, 2.75) is 53.2 Å². The molecule has 0 aliphatic rings. The van der Waals surface area contributed by atoms with E-state index in [4.69, 9.17) is 0 Å². The first-order valence-corrected chi connectivity index (χ1v) is 7.61. The summed E-state index contributed by atoms with van der Waals surface area (Å²) in [5.74, 6) is 0.545. The average molecular weight is 280 g/mol. The predicted molar refractivity (Wildman–Crippen MR) is 84.2 cm³/mol. The van der Waals surface area contributed by atoms with Gasteiger partial charge in [0.15, 0.2) is 0 Å². The molecule has 1 unspecified atom stereocenters. The van der Waals surface area contributed by atoms with E-state index in [9.17, 15) is 4.39 Å². The third kappa shape index (κ3) is 6.02. The molecule has 1 aromatic rings. The summed E-state index contributed by atoms with van der Waals surface area (Å²) in [5, 5.41) is 3.37. The quantitative estimate of drug-likeness (QED) is 0.779. The van der Waals surface area contributed by atoms with Crippen LogP contribution in [-0.4, -0.2) is 24.5 Å². The molecule has 0 fully saturated rings. The largest absolute Gasteiger partial charge is 0.310 e. The first kappa shape index (κ1) is 17.1. The van der Waals surface area contributed by atoms with Crippen LogP contribution in [0.15, 0.2) is 18.2 Å². The molecule has 0 aliphatic heterocycles. The fourth-order valence-electron chi connectivity index (χ4n) is 2.20. The van der Waals surface area contributed by atoms with Crippen molar-refractivity contribution in [3.05, 3.63) is 35.1 Å². The lowest BCUT2D eigenvalue weighted by molar-refractivity contribution is 0.271. The summed E-state index contributed by atoms with van der Waals surface area (Å²) in [4.78, 5) is 2.20. The van der Waals surface area contributed by atoms with Gasteiger partial charge >= 0.3 is 0 Å². The number of rotatable bonds is 8. The Morgan fingerprint density at radius 3 is 2.55 bits per heavy atom. The molecule has 0 aliphatic carbocycles. The van der Waals surface area contributed by atoms with Crippen molar-refractivity contribution in [1.82, 2.24) is 10.2 Å². The van der Waals surface area contributed by atoms with Gasteiger partial charge in [-0.3, -0.25) is 0 Å². The molecule has 0 radical (unpaired) electrons. The van der Waals surface area contributed by atoms with Gasteiger partial charge in [0.2, 0.25) is 0 Å². The van der Waals surface area contributed by atoms with Crippen LogP contribution in [0.3, 0.4) is 0 Å². The lowest BCUT2D eigenvalue weighted by Crippen LogP contribution is -2.25. The van der Waals surface area contributed by atoms with Crippen molar-refractivity contribution in [3.8, 4) is 0 Å². The number of hydrogen-bond acceptors (Lipinski definition) is 2. The first-order chi connectivity index (χ1) is 9.42. The number of benzene rings is 1. The molecule has 2 nitrogen and oxygen atoms in total. The highest BCUT2D eigenvalue weighted by Gasteiger charge is 2.09. The maximum atomic E-state index is 13.9. The third-order valence-electron chi connectivity index (χ3n) is 3.59. The number of hydrogen-bond donors (Lipinski definition) is 1. The van der Waals surface area contributed by atoms with Crippen LogP contribution < -0.4 is 5.32 Å². The van der Waals surface area contributed by atoms with E-state index < -0.39 is 0 Å².